The lowest BCUT2D eigenvalue weighted by atomic mass is 10.1. The van der Waals surface area contributed by atoms with Crippen molar-refractivity contribution in [3.63, 3.8) is 0 Å². The number of amides is 1. The molecule has 1 aromatic rings. The Morgan fingerprint density at radius 1 is 1.47 bits per heavy atom. The molecule has 0 bridgehead atoms. The van der Waals surface area contributed by atoms with Crippen LogP contribution in [0, 0.1) is 5.82 Å². The largest absolute Gasteiger partial charge is 0.368 e. The molecule has 5 heteroatoms. The second-order valence-electron chi connectivity index (χ2n) is 3.97. The summed E-state index contributed by atoms with van der Waals surface area (Å²) in [5.41, 5.74) is 0.567. The highest BCUT2D eigenvalue weighted by Gasteiger charge is 2.21. The first-order valence-corrected chi connectivity index (χ1v) is 6.33. The standard InChI is InChI=1S/C12H13BrFNO2/c13-9-7-8(4-5-10(9)14)15-12(16)11-3-1-2-6-17-11/h4-5,7,11H,1-3,6H2,(H,15,16). The number of ether oxygens (including phenoxy) is 1. The van der Waals surface area contributed by atoms with E-state index >= 15 is 0 Å². The van der Waals surface area contributed by atoms with E-state index in [2.05, 4.69) is 21.2 Å². The van der Waals surface area contributed by atoms with Crippen LogP contribution in [0.2, 0.25) is 0 Å². The van der Waals surface area contributed by atoms with Crippen LogP contribution in [0.1, 0.15) is 19.3 Å². The van der Waals surface area contributed by atoms with Gasteiger partial charge in [-0.05, 0) is 53.4 Å². The maximum absolute atomic E-state index is 13.0. The van der Waals surface area contributed by atoms with Crippen LogP contribution in [0.4, 0.5) is 10.1 Å². The fourth-order valence-corrected chi connectivity index (χ4v) is 2.12. The summed E-state index contributed by atoms with van der Waals surface area (Å²) in [5.74, 6) is -0.514. The van der Waals surface area contributed by atoms with Gasteiger partial charge in [-0.1, -0.05) is 0 Å². The Morgan fingerprint density at radius 2 is 2.29 bits per heavy atom. The Kier molecular flexibility index (Phi) is 4.12. The molecule has 1 atom stereocenters. The molecule has 17 heavy (non-hydrogen) atoms. The summed E-state index contributed by atoms with van der Waals surface area (Å²) in [6, 6.07) is 4.37. The fourth-order valence-electron chi connectivity index (χ4n) is 1.74. The van der Waals surface area contributed by atoms with Crippen LogP contribution < -0.4 is 5.32 Å². The van der Waals surface area contributed by atoms with Gasteiger partial charge in [0.2, 0.25) is 0 Å². The van der Waals surface area contributed by atoms with Crippen molar-refractivity contribution in [1.82, 2.24) is 0 Å². The van der Waals surface area contributed by atoms with E-state index in [-0.39, 0.29) is 17.8 Å². The summed E-state index contributed by atoms with van der Waals surface area (Å²) in [6.07, 6.45) is 2.37. The average Bonchev–Trinajstić information content (AvgIpc) is 2.35. The molecule has 0 spiro atoms. The molecule has 1 saturated heterocycles. The van der Waals surface area contributed by atoms with Crippen molar-refractivity contribution in [1.29, 1.82) is 0 Å². The molecule has 1 amide bonds. The predicted molar refractivity (Wildman–Crippen MR) is 66.3 cm³/mol. The second-order valence-corrected chi connectivity index (χ2v) is 4.83. The molecule has 0 saturated carbocycles. The summed E-state index contributed by atoms with van der Waals surface area (Å²) in [5, 5.41) is 2.72. The maximum atomic E-state index is 13.0. The number of carbonyl (C=O) groups is 1. The Morgan fingerprint density at radius 3 is 2.94 bits per heavy atom. The van der Waals surface area contributed by atoms with Gasteiger partial charge in [0.05, 0.1) is 4.47 Å². The van der Waals surface area contributed by atoms with Gasteiger partial charge in [0.1, 0.15) is 11.9 Å². The topological polar surface area (TPSA) is 38.3 Å². The van der Waals surface area contributed by atoms with E-state index in [0.29, 0.717) is 16.8 Å². The Balaban J connectivity index is 1.99. The fraction of sp³-hybridized carbons (Fsp3) is 0.417. The normalized spacial score (nSPS) is 20.0. The van der Waals surface area contributed by atoms with Crippen LogP contribution in [-0.2, 0) is 9.53 Å². The molecule has 92 valence electrons. The Hall–Kier alpha value is -0.940. The third-order valence-electron chi connectivity index (χ3n) is 2.66. The van der Waals surface area contributed by atoms with Crippen molar-refractivity contribution in [2.24, 2.45) is 0 Å². The lowest BCUT2D eigenvalue weighted by molar-refractivity contribution is -0.129. The molecule has 1 aromatic carbocycles. The smallest absolute Gasteiger partial charge is 0.253 e. The summed E-state index contributed by atoms with van der Waals surface area (Å²) in [7, 11) is 0. The lowest BCUT2D eigenvalue weighted by Gasteiger charge is -2.21. The zero-order chi connectivity index (χ0) is 12.3. The number of hydrogen-bond donors (Lipinski definition) is 1. The van der Waals surface area contributed by atoms with Crippen LogP contribution >= 0.6 is 15.9 Å². The van der Waals surface area contributed by atoms with Crippen molar-refractivity contribution in [2.45, 2.75) is 25.4 Å². The predicted octanol–water partition coefficient (Wildman–Crippen LogP) is 3.10. The zero-order valence-corrected chi connectivity index (χ0v) is 10.8. The maximum Gasteiger partial charge on any atom is 0.253 e. The highest BCUT2D eigenvalue weighted by molar-refractivity contribution is 9.10. The summed E-state index contributed by atoms with van der Waals surface area (Å²) in [6.45, 7) is 0.630. The van der Waals surface area contributed by atoms with Gasteiger partial charge in [-0.3, -0.25) is 4.79 Å². The third kappa shape index (κ3) is 3.26. The third-order valence-corrected chi connectivity index (χ3v) is 3.27. The van der Waals surface area contributed by atoms with Gasteiger partial charge in [-0.2, -0.15) is 0 Å². The van der Waals surface area contributed by atoms with Crippen molar-refractivity contribution >= 4 is 27.5 Å². The van der Waals surface area contributed by atoms with Crippen molar-refractivity contribution in [3.05, 3.63) is 28.5 Å². The van der Waals surface area contributed by atoms with E-state index in [4.69, 9.17) is 4.74 Å². The molecular weight excluding hydrogens is 289 g/mol. The van der Waals surface area contributed by atoms with Gasteiger partial charge in [0.15, 0.2) is 0 Å². The molecule has 1 aliphatic rings. The SMILES string of the molecule is O=C(Nc1ccc(F)c(Br)c1)C1CCCCO1. The minimum atomic E-state index is -0.382. The second kappa shape index (κ2) is 5.60. The van der Waals surface area contributed by atoms with Gasteiger partial charge in [-0.15, -0.1) is 0 Å². The average molecular weight is 302 g/mol. The van der Waals surface area contributed by atoms with E-state index in [9.17, 15) is 9.18 Å². The van der Waals surface area contributed by atoms with E-state index in [0.717, 1.165) is 19.3 Å². The number of halogens is 2. The van der Waals surface area contributed by atoms with Crippen LogP contribution in [0.5, 0.6) is 0 Å². The summed E-state index contributed by atoms with van der Waals surface area (Å²) >= 11 is 3.07. The highest BCUT2D eigenvalue weighted by atomic mass is 79.9. The Bertz CT molecular complexity index is 419. The van der Waals surface area contributed by atoms with Crippen LogP contribution in [-0.4, -0.2) is 18.6 Å². The lowest BCUT2D eigenvalue weighted by Crippen LogP contribution is -2.33. The summed E-state index contributed by atoms with van der Waals surface area (Å²) in [4.78, 5) is 11.8. The minimum absolute atomic E-state index is 0.164. The van der Waals surface area contributed by atoms with E-state index in [1.54, 1.807) is 0 Å². The molecule has 1 unspecified atom stereocenters. The molecule has 0 aromatic heterocycles. The van der Waals surface area contributed by atoms with E-state index < -0.39 is 0 Å². The van der Waals surface area contributed by atoms with Gasteiger partial charge in [0, 0.05) is 12.3 Å². The van der Waals surface area contributed by atoms with Crippen molar-refractivity contribution in [2.75, 3.05) is 11.9 Å². The molecule has 1 N–H and O–H groups in total. The molecule has 1 fully saturated rings. The number of benzene rings is 1. The zero-order valence-electron chi connectivity index (χ0n) is 9.21. The number of hydrogen-bond acceptors (Lipinski definition) is 2. The van der Waals surface area contributed by atoms with Gasteiger partial charge < -0.3 is 10.1 Å². The van der Waals surface area contributed by atoms with Crippen molar-refractivity contribution in [3.8, 4) is 0 Å². The molecule has 3 nitrogen and oxygen atoms in total. The minimum Gasteiger partial charge on any atom is -0.368 e. The van der Waals surface area contributed by atoms with Crippen LogP contribution in [0.15, 0.2) is 22.7 Å². The molecule has 1 heterocycles. The summed E-state index contributed by atoms with van der Waals surface area (Å²) < 4.78 is 18.7. The quantitative estimate of drug-likeness (QED) is 0.911. The van der Waals surface area contributed by atoms with E-state index in [1.807, 2.05) is 0 Å². The number of carbonyl (C=O) groups excluding carboxylic acids is 1. The molecular formula is C12H13BrFNO2. The van der Waals surface area contributed by atoms with Crippen LogP contribution in [0.25, 0.3) is 0 Å². The van der Waals surface area contributed by atoms with Gasteiger partial charge >= 0.3 is 0 Å². The number of anilines is 1. The van der Waals surface area contributed by atoms with Gasteiger partial charge in [0.25, 0.3) is 5.91 Å². The molecule has 0 radical (unpaired) electrons. The number of rotatable bonds is 2. The molecule has 2 rings (SSSR count). The molecule has 0 aliphatic carbocycles. The molecule has 1 aliphatic heterocycles. The first kappa shape index (κ1) is 12.5. The first-order chi connectivity index (χ1) is 8.16. The van der Waals surface area contributed by atoms with Crippen molar-refractivity contribution < 1.29 is 13.9 Å². The highest BCUT2D eigenvalue weighted by Crippen LogP contribution is 2.21. The Labute approximate surface area is 107 Å². The first-order valence-electron chi connectivity index (χ1n) is 5.54. The number of nitrogens with one attached hydrogen (secondary N) is 1. The van der Waals surface area contributed by atoms with Gasteiger partial charge in [-0.25, -0.2) is 4.39 Å². The monoisotopic (exact) mass is 301 g/mol. The van der Waals surface area contributed by atoms with Crippen LogP contribution in [0.3, 0.4) is 0 Å². The van der Waals surface area contributed by atoms with E-state index in [1.165, 1.54) is 18.2 Å².